The van der Waals surface area contributed by atoms with E-state index in [1.165, 1.54) is 16.5 Å². The first-order valence-electron chi connectivity index (χ1n) is 5.68. The lowest BCUT2D eigenvalue weighted by Gasteiger charge is -2.06. The molecule has 0 aliphatic heterocycles. The molecule has 0 saturated heterocycles. The van der Waals surface area contributed by atoms with Crippen molar-refractivity contribution in [2.45, 2.75) is 19.5 Å². The van der Waals surface area contributed by atoms with E-state index in [2.05, 4.69) is 40.3 Å². The SMILES string of the molecule is CNCc1ccc2ccn(CCCO)c2c1. The van der Waals surface area contributed by atoms with Gasteiger partial charge < -0.3 is 15.0 Å². The number of hydrogen-bond acceptors (Lipinski definition) is 2. The zero-order valence-electron chi connectivity index (χ0n) is 9.61. The normalized spacial score (nSPS) is 11.1. The highest BCUT2D eigenvalue weighted by Gasteiger charge is 2.01. The van der Waals surface area contributed by atoms with Gasteiger partial charge in [-0.05, 0) is 36.6 Å². The van der Waals surface area contributed by atoms with Crippen molar-refractivity contribution in [1.29, 1.82) is 0 Å². The van der Waals surface area contributed by atoms with Crippen LogP contribution in [0.5, 0.6) is 0 Å². The second-order valence-electron chi connectivity index (χ2n) is 4.01. The number of aliphatic hydroxyl groups is 1. The zero-order valence-corrected chi connectivity index (χ0v) is 9.61. The first-order chi connectivity index (χ1) is 7.85. The lowest BCUT2D eigenvalue weighted by molar-refractivity contribution is 0.280. The summed E-state index contributed by atoms with van der Waals surface area (Å²) in [4.78, 5) is 0. The van der Waals surface area contributed by atoms with Gasteiger partial charge in [0.05, 0.1) is 0 Å². The molecule has 16 heavy (non-hydrogen) atoms. The minimum Gasteiger partial charge on any atom is -0.396 e. The van der Waals surface area contributed by atoms with Crippen LogP contribution in [0, 0.1) is 0 Å². The summed E-state index contributed by atoms with van der Waals surface area (Å²) in [6, 6.07) is 8.63. The molecule has 0 unspecified atom stereocenters. The van der Waals surface area contributed by atoms with Gasteiger partial charge in [0, 0.05) is 31.4 Å². The predicted octanol–water partition coefficient (Wildman–Crippen LogP) is 1.74. The molecule has 1 aromatic carbocycles. The Morgan fingerprint density at radius 3 is 2.94 bits per heavy atom. The lowest BCUT2D eigenvalue weighted by Crippen LogP contribution is -2.05. The highest BCUT2D eigenvalue weighted by Crippen LogP contribution is 2.18. The summed E-state index contributed by atoms with van der Waals surface area (Å²) >= 11 is 0. The third-order valence-electron chi connectivity index (χ3n) is 2.78. The van der Waals surface area contributed by atoms with Gasteiger partial charge in [-0.1, -0.05) is 12.1 Å². The maximum Gasteiger partial charge on any atom is 0.0483 e. The van der Waals surface area contributed by atoms with Crippen molar-refractivity contribution in [1.82, 2.24) is 9.88 Å². The van der Waals surface area contributed by atoms with Gasteiger partial charge >= 0.3 is 0 Å². The van der Waals surface area contributed by atoms with E-state index in [9.17, 15) is 0 Å². The van der Waals surface area contributed by atoms with E-state index in [1.807, 2.05) is 7.05 Å². The summed E-state index contributed by atoms with van der Waals surface area (Å²) in [5, 5.41) is 13.3. The van der Waals surface area contributed by atoms with Crippen LogP contribution in [0.2, 0.25) is 0 Å². The maximum atomic E-state index is 8.85. The lowest BCUT2D eigenvalue weighted by atomic mass is 10.1. The van der Waals surface area contributed by atoms with E-state index in [4.69, 9.17) is 5.11 Å². The number of benzene rings is 1. The predicted molar refractivity (Wildman–Crippen MR) is 66.4 cm³/mol. The van der Waals surface area contributed by atoms with Crippen LogP contribution >= 0.6 is 0 Å². The molecule has 86 valence electrons. The number of nitrogens with zero attached hydrogens (tertiary/aromatic N) is 1. The van der Waals surface area contributed by atoms with Crippen LogP contribution in [0.25, 0.3) is 10.9 Å². The molecule has 0 spiro atoms. The fourth-order valence-electron chi connectivity index (χ4n) is 1.98. The van der Waals surface area contributed by atoms with Crippen LogP contribution in [0.15, 0.2) is 30.5 Å². The van der Waals surface area contributed by atoms with Crippen molar-refractivity contribution >= 4 is 10.9 Å². The Morgan fingerprint density at radius 1 is 1.31 bits per heavy atom. The minimum absolute atomic E-state index is 0.246. The molecule has 2 rings (SSSR count). The van der Waals surface area contributed by atoms with Crippen LogP contribution in [0.1, 0.15) is 12.0 Å². The van der Waals surface area contributed by atoms with Crippen LogP contribution in [-0.2, 0) is 13.1 Å². The Labute approximate surface area is 95.7 Å². The minimum atomic E-state index is 0.246. The molecule has 3 nitrogen and oxygen atoms in total. The second kappa shape index (κ2) is 5.14. The Morgan fingerprint density at radius 2 is 2.19 bits per heavy atom. The average Bonchev–Trinajstić information content (AvgIpc) is 2.69. The van der Waals surface area contributed by atoms with Crippen molar-refractivity contribution < 1.29 is 5.11 Å². The maximum absolute atomic E-state index is 8.85. The molecular weight excluding hydrogens is 200 g/mol. The molecule has 3 heteroatoms. The van der Waals surface area contributed by atoms with Crippen molar-refractivity contribution in [3.05, 3.63) is 36.0 Å². The van der Waals surface area contributed by atoms with E-state index >= 15 is 0 Å². The van der Waals surface area contributed by atoms with Gasteiger partial charge in [-0.25, -0.2) is 0 Å². The molecule has 2 N–H and O–H groups in total. The standard InChI is InChI=1S/C13H18N2O/c1-14-10-11-3-4-12-5-7-15(6-2-8-16)13(12)9-11/h3-5,7,9,14,16H,2,6,8,10H2,1H3. The van der Waals surface area contributed by atoms with Gasteiger partial charge in [0.1, 0.15) is 0 Å². The first-order valence-corrected chi connectivity index (χ1v) is 5.68. The average molecular weight is 218 g/mol. The summed E-state index contributed by atoms with van der Waals surface area (Å²) in [6.07, 6.45) is 2.89. The second-order valence-corrected chi connectivity index (χ2v) is 4.01. The molecular formula is C13H18N2O. The fraction of sp³-hybridized carbons (Fsp3) is 0.385. The number of aryl methyl sites for hydroxylation is 1. The largest absolute Gasteiger partial charge is 0.396 e. The number of hydrogen-bond donors (Lipinski definition) is 2. The molecule has 0 aliphatic rings. The summed E-state index contributed by atoms with van der Waals surface area (Å²) < 4.78 is 2.20. The van der Waals surface area contributed by atoms with E-state index < -0.39 is 0 Å². The van der Waals surface area contributed by atoms with Crippen LogP contribution in [0.3, 0.4) is 0 Å². The molecule has 0 amide bonds. The fourth-order valence-corrected chi connectivity index (χ4v) is 1.98. The molecule has 1 heterocycles. The third kappa shape index (κ3) is 2.26. The Balaban J connectivity index is 2.31. The summed E-state index contributed by atoms with van der Waals surface area (Å²) in [5.74, 6) is 0. The van der Waals surface area contributed by atoms with E-state index in [1.54, 1.807) is 0 Å². The summed E-state index contributed by atoms with van der Waals surface area (Å²) in [6.45, 7) is 2.01. The zero-order chi connectivity index (χ0) is 11.4. The quantitative estimate of drug-likeness (QED) is 0.802. The van der Waals surface area contributed by atoms with Gasteiger partial charge in [-0.15, -0.1) is 0 Å². The van der Waals surface area contributed by atoms with Gasteiger partial charge in [-0.3, -0.25) is 0 Å². The molecule has 0 atom stereocenters. The van der Waals surface area contributed by atoms with Crippen molar-refractivity contribution in [2.75, 3.05) is 13.7 Å². The van der Waals surface area contributed by atoms with Gasteiger partial charge in [-0.2, -0.15) is 0 Å². The Bertz CT molecular complexity index is 462. The van der Waals surface area contributed by atoms with Crippen LogP contribution in [-0.4, -0.2) is 23.3 Å². The number of nitrogens with one attached hydrogen (secondary N) is 1. The van der Waals surface area contributed by atoms with Gasteiger partial charge in [0.25, 0.3) is 0 Å². The molecule has 1 aromatic heterocycles. The number of aromatic nitrogens is 1. The van der Waals surface area contributed by atoms with Crippen molar-refractivity contribution in [2.24, 2.45) is 0 Å². The number of aliphatic hydroxyl groups excluding tert-OH is 1. The van der Waals surface area contributed by atoms with E-state index in [-0.39, 0.29) is 6.61 Å². The molecule has 0 fully saturated rings. The van der Waals surface area contributed by atoms with Gasteiger partial charge in [0.2, 0.25) is 0 Å². The number of fused-ring (bicyclic) bond motifs is 1. The van der Waals surface area contributed by atoms with E-state index in [0.29, 0.717) is 0 Å². The molecule has 0 bridgehead atoms. The van der Waals surface area contributed by atoms with Crippen molar-refractivity contribution in [3.8, 4) is 0 Å². The smallest absolute Gasteiger partial charge is 0.0483 e. The Hall–Kier alpha value is -1.32. The topological polar surface area (TPSA) is 37.2 Å². The van der Waals surface area contributed by atoms with E-state index in [0.717, 1.165) is 19.5 Å². The molecule has 2 aromatic rings. The first kappa shape index (κ1) is 11.2. The summed E-state index contributed by atoms with van der Waals surface area (Å²) in [5.41, 5.74) is 2.54. The monoisotopic (exact) mass is 218 g/mol. The highest BCUT2D eigenvalue weighted by molar-refractivity contribution is 5.80. The van der Waals surface area contributed by atoms with Crippen molar-refractivity contribution in [3.63, 3.8) is 0 Å². The molecule has 0 saturated carbocycles. The third-order valence-corrected chi connectivity index (χ3v) is 2.78. The van der Waals surface area contributed by atoms with Gasteiger partial charge in [0.15, 0.2) is 0 Å². The molecule has 0 aliphatic carbocycles. The molecule has 0 radical (unpaired) electrons. The number of rotatable bonds is 5. The van der Waals surface area contributed by atoms with Crippen LogP contribution in [0.4, 0.5) is 0 Å². The summed E-state index contributed by atoms with van der Waals surface area (Å²) in [7, 11) is 1.95. The highest BCUT2D eigenvalue weighted by atomic mass is 16.3. The Kier molecular flexibility index (Phi) is 3.59. The van der Waals surface area contributed by atoms with Crippen LogP contribution < -0.4 is 5.32 Å².